The number of benzene rings is 1. The van der Waals surface area contributed by atoms with Gasteiger partial charge in [0, 0.05) is 18.7 Å². The summed E-state index contributed by atoms with van der Waals surface area (Å²) in [5.74, 6) is -0.549. The van der Waals surface area contributed by atoms with E-state index in [1.54, 1.807) is 12.1 Å². The molecule has 2 aromatic heterocycles. The molecule has 33 heavy (non-hydrogen) atoms. The van der Waals surface area contributed by atoms with Crippen LogP contribution in [0.2, 0.25) is 5.15 Å². The Labute approximate surface area is 197 Å². The zero-order valence-corrected chi connectivity index (χ0v) is 19.4. The second kappa shape index (κ2) is 9.59. The molecule has 3 heterocycles. The molecule has 1 atom stereocenters. The molecule has 0 radical (unpaired) electrons. The van der Waals surface area contributed by atoms with E-state index in [9.17, 15) is 15.2 Å². The van der Waals surface area contributed by atoms with Crippen LogP contribution in [0.5, 0.6) is 0 Å². The van der Waals surface area contributed by atoms with Crippen LogP contribution in [0.15, 0.2) is 24.3 Å². The van der Waals surface area contributed by atoms with Crippen LogP contribution >= 0.6 is 11.6 Å². The molecule has 0 amide bonds. The molecule has 1 fully saturated rings. The number of aromatic carboxylic acids is 1. The van der Waals surface area contributed by atoms with Gasteiger partial charge in [-0.25, -0.2) is 19.7 Å². The highest BCUT2D eigenvalue weighted by atomic mass is 35.5. The largest absolute Gasteiger partial charge is 0.476 e. The number of aryl methyl sites for hydroxylation is 1. The van der Waals surface area contributed by atoms with Crippen molar-refractivity contribution in [2.24, 2.45) is 0 Å². The van der Waals surface area contributed by atoms with E-state index in [0.29, 0.717) is 28.2 Å². The number of halogens is 1. The van der Waals surface area contributed by atoms with E-state index in [4.69, 9.17) is 16.6 Å². The average Bonchev–Trinajstić information content (AvgIpc) is 3.08. The maximum absolute atomic E-state index is 11.7. The number of nitrogens with zero attached hydrogens (tertiary/aromatic N) is 5. The fourth-order valence-corrected chi connectivity index (χ4v) is 4.40. The Bertz CT molecular complexity index is 1250. The topological polar surface area (TPSA) is 115 Å². The number of fused-ring (bicyclic) bond motifs is 1. The molecule has 0 bridgehead atoms. The van der Waals surface area contributed by atoms with Gasteiger partial charge in [0.2, 0.25) is 0 Å². The minimum atomic E-state index is -1.16. The second-order valence-electron chi connectivity index (χ2n) is 8.33. The Hall–Kier alpha value is -3.44. The number of carboxylic acids is 1. The molecule has 1 aromatic carbocycles. The first-order chi connectivity index (χ1) is 15.9. The summed E-state index contributed by atoms with van der Waals surface area (Å²) >= 11 is 5.89. The van der Waals surface area contributed by atoms with Gasteiger partial charge >= 0.3 is 5.97 Å². The zero-order chi connectivity index (χ0) is 23.5. The highest BCUT2D eigenvalue weighted by molar-refractivity contribution is 6.29. The predicted molar refractivity (Wildman–Crippen MR) is 128 cm³/mol. The number of nitriles is 1. The van der Waals surface area contributed by atoms with Gasteiger partial charge in [0.25, 0.3) is 0 Å². The molecule has 170 valence electrons. The fourth-order valence-electron chi connectivity index (χ4n) is 4.26. The van der Waals surface area contributed by atoms with E-state index in [2.05, 4.69) is 26.3 Å². The normalized spacial score (nSPS) is 15.0. The van der Waals surface area contributed by atoms with Gasteiger partial charge in [0.1, 0.15) is 11.2 Å². The predicted octanol–water partition coefficient (Wildman–Crippen LogP) is 5.11. The molecule has 1 aliphatic heterocycles. The molecule has 1 aliphatic rings. The van der Waals surface area contributed by atoms with Gasteiger partial charge < -0.3 is 15.3 Å². The molecular weight excluding hydrogens is 440 g/mol. The molecule has 0 aliphatic carbocycles. The van der Waals surface area contributed by atoms with Gasteiger partial charge in [-0.1, -0.05) is 30.5 Å². The molecule has 2 N–H and O–H groups in total. The fraction of sp³-hybridized carbons (Fsp3) is 0.375. The van der Waals surface area contributed by atoms with Crippen LogP contribution < -0.4 is 10.2 Å². The number of rotatable bonds is 5. The van der Waals surface area contributed by atoms with Crippen LogP contribution in [-0.4, -0.2) is 39.1 Å². The first-order valence-electron chi connectivity index (χ1n) is 11.0. The zero-order valence-electron chi connectivity index (χ0n) is 18.6. The van der Waals surface area contributed by atoms with E-state index in [0.717, 1.165) is 37.1 Å². The number of anilines is 2. The van der Waals surface area contributed by atoms with E-state index in [1.165, 1.54) is 12.8 Å². The van der Waals surface area contributed by atoms with E-state index >= 15 is 0 Å². The molecule has 9 heteroatoms. The summed E-state index contributed by atoms with van der Waals surface area (Å²) in [7, 11) is 0. The summed E-state index contributed by atoms with van der Waals surface area (Å²) in [6, 6.07) is 9.00. The first-order valence-corrected chi connectivity index (χ1v) is 11.4. The number of aromatic nitrogens is 3. The van der Waals surface area contributed by atoms with Crippen molar-refractivity contribution in [2.75, 3.05) is 23.3 Å². The number of pyridine rings is 1. The van der Waals surface area contributed by atoms with Crippen molar-refractivity contribution in [1.82, 2.24) is 15.0 Å². The quantitative estimate of drug-likeness (QED) is 0.500. The van der Waals surface area contributed by atoms with E-state index in [-0.39, 0.29) is 16.9 Å². The lowest BCUT2D eigenvalue weighted by Crippen LogP contribution is -2.26. The minimum Gasteiger partial charge on any atom is -0.476 e. The van der Waals surface area contributed by atoms with Crippen molar-refractivity contribution < 1.29 is 9.90 Å². The maximum Gasteiger partial charge on any atom is 0.356 e. The van der Waals surface area contributed by atoms with E-state index < -0.39 is 5.97 Å². The molecule has 4 rings (SSSR count). The lowest BCUT2D eigenvalue weighted by atomic mass is 10.0. The molecule has 0 spiro atoms. The number of nitrogens with one attached hydrogen (secondary N) is 1. The van der Waals surface area contributed by atoms with Crippen molar-refractivity contribution >= 4 is 40.1 Å². The van der Waals surface area contributed by atoms with Gasteiger partial charge in [-0.05, 0) is 50.5 Å². The number of hydrogen-bond acceptors (Lipinski definition) is 7. The van der Waals surface area contributed by atoms with Crippen molar-refractivity contribution in [2.45, 2.75) is 45.6 Å². The number of carboxylic acid groups (broad SMARTS) is 1. The van der Waals surface area contributed by atoms with Crippen molar-refractivity contribution in [3.63, 3.8) is 0 Å². The van der Waals surface area contributed by atoms with Crippen LogP contribution in [-0.2, 0) is 0 Å². The van der Waals surface area contributed by atoms with Crippen LogP contribution in [0.3, 0.4) is 0 Å². The SMILES string of the molecule is Cc1cc([C@@H](C)Nc2ccc(Cl)nc2C(=O)O)c2nc(N3CCCCCC3)c(C#N)nc2c1. The van der Waals surface area contributed by atoms with Gasteiger partial charge in [0.15, 0.2) is 17.2 Å². The van der Waals surface area contributed by atoms with E-state index in [1.807, 2.05) is 26.0 Å². The summed E-state index contributed by atoms with van der Waals surface area (Å²) in [4.78, 5) is 27.3. The summed E-state index contributed by atoms with van der Waals surface area (Å²) in [5.41, 5.74) is 3.72. The average molecular weight is 465 g/mol. The maximum atomic E-state index is 11.7. The standard InChI is InChI=1S/C24H25ClN6O2/c1-14-11-16(15(2)27-17-7-8-20(25)29-22(17)24(32)33)21-18(12-14)28-19(13-26)23(30-21)31-9-5-3-4-6-10-31/h7-8,11-12,15,27H,3-6,9-10H2,1-2H3,(H,32,33)/t15-/m1/s1. The second-order valence-corrected chi connectivity index (χ2v) is 8.72. The molecule has 3 aromatic rings. The van der Waals surface area contributed by atoms with Gasteiger partial charge in [-0.15, -0.1) is 0 Å². The van der Waals surface area contributed by atoms with Crippen molar-refractivity contribution in [1.29, 1.82) is 5.26 Å². The van der Waals surface area contributed by atoms with Crippen LogP contribution in [0.25, 0.3) is 11.0 Å². The van der Waals surface area contributed by atoms with Crippen LogP contribution in [0.1, 0.15) is 66.0 Å². The smallest absolute Gasteiger partial charge is 0.356 e. The highest BCUT2D eigenvalue weighted by Gasteiger charge is 2.22. The third-order valence-electron chi connectivity index (χ3n) is 5.84. The van der Waals surface area contributed by atoms with Gasteiger partial charge in [-0.2, -0.15) is 5.26 Å². The Morgan fingerprint density at radius 2 is 1.91 bits per heavy atom. The minimum absolute atomic E-state index is 0.114. The monoisotopic (exact) mass is 464 g/mol. The number of carbonyl (C=O) groups is 1. The third kappa shape index (κ3) is 4.83. The summed E-state index contributed by atoms with van der Waals surface area (Å²) in [6.45, 7) is 5.59. The summed E-state index contributed by atoms with van der Waals surface area (Å²) in [5, 5.41) is 22.7. The lowest BCUT2D eigenvalue weighted by molar-refractivity contribution is 0.0691. The van der Waals surface area contributed by atoms with Crippen molar-refractivity contribution in [3.8, 4) is 6.07 Å². The lowest BCUT2D eigenvalue weighted by Gasteiger charge is -2.24. The van der Waals surface area contributed by atoms with Gasteiger partial charge in [0.05, 0.1) is 22.8 Å². The molecule has 1 saturated heterocycles. The summed E-state index contributed by atoms with van der Waals surface area (Å²) < 4.78 is 0. The van der Waals surface area contributed by atoms with Crippen LogP contribution in [0.4, 0.5) is 11.5 Å². The molecule has 0 unspecified atom stereocenters. The van der Waals surface area contributed by atoms with Crippen molar-refractivity contribution in [3.05, 3.63) is 51.9 Å². The first kappa shape index (κ1) is 22.7. The Morgan fingerprint density at radius 3 is 2.58 bits per heavy atom. The highest BCUT2D eigenvalue weighted by Crippen LogP contribution is 2.31. The Balaban J connectivity index is 1.79. The van der Waals surface area contributed by atoms with Crippen LogP contribution in [0, 0.1) is 18.3 Å². The Kier molecular flexibility index (Phi) is 6.61. The van der Waals surface area contributed by atoms with Gasteiger partial charge in [-0.3, -0.25) is 0 Å². The number of hydrogen-bond donors (Lipinski definition) is 2. The third-order valence-corrected chi connectivity index (χ3v) is 6.05. The molecule has 0 saturated carbocycles. The summed E-state index contributed by atoms with van der Waals surface area (Å²) in [6.07, 6.45) is 4.47. The Morgan fingerprint density at radius 1 is 1.18 bits per heavy atom. The molecular formula is C24H25ClN6O2. The molecule has 8 nitrogen and oxygen atoms in total.